The Morgan fingerprint density at radius 1 is 1.30 bits per heavy atom. The molecule has 0 aromatic heterocycles. The lowest BCUT2D eigenvalue weighted by Crippen LogP contribution is -2.45. The first-order chi connectivity index (χ1) is 9.49. The van der Waals surface area contributed by atoms with Gasteiger partial charge in [0.05, 0.1) is 5.92 Å². The molecule has 1 aromatic carbocycles. The fourth-order valence-corrected chi connectivity index (χ4v) is 2.96. The SMILES string of the molecule is Cc1ccc(C(=O)NC2CCCCC2C(=O)O)cc1Br. The predicted molar refractivity (Wildman–Crippen MR) is 79.7 cm³/mol. The Labute approximate surface area is 126 Å². The summed E-state index contributed by atoms with van der Waals surface area (Å²) in [6.45, 7) is 1.95. The van der Waals surface area contributed by atoms with Crippen molar-refractivity contribution in [3.8, 4) is 0 Å². The highest BCUT2D eigenvalue weighted by atomic mass is 79.9. The first-order valence-electron chi connectivity index (χ1n) is 6.79. The predicted octanol–water partition coefficient (Wildman–Crippen LogP) is 3.13. The number of halogens is 1. The number of carbonyl (C=O) groups is 2. The minimum absolute atomic E-state index is 0.205. The summed E-state index contributed by atoms with van der Waals surface area (Å²) in [6, 6.07) is 5.13. The summed E-state index contributed by atoms with van der Waals surface area (Å²) in [7, 11) is 0. The molecule has 0 spiro atoms. The van der Waals surface area contributed by atoms with Crippen molar-refractivity contribution in [2.45, 2.75) is 38.6 Å². The van der Waals surface area contributed by atoms with Gasteiger partial charge >= 0.3 is 5.97 Å². The van der Waals surface area contributed by atoms with Crippen LogP contribution in [0.2, 0.25) is 0 Å². The molecule has 1 aromatic rings. The van der Waals surface area contributed by atoms with Gasteiger partial charge in [0.2, 0.25) is 0 Å². The van der Waals surface area contributed by atoms with Crippen molar-refractivity contribution in [3.63, 3.8) is 0 Å². The molecule has 1 amide bonds. The van der Waals surface area contributed by atoms with E-state index in [1.807, 2.05) is 13.0 Å². The average molecular weight is 340 g/mol. The number of rotatable bonds is 3. The number of aliphatic carboxylic acids is 1. The van der Waals surface area contributed by atoms with Crippen molar-refractivity contribution in [1.82, 2.24) is 5.32 Å². The van der Waals surface area contributed by atoms with E-state index in [4.69, 9.17) is 0 Å². The Morgan fingerprint density at radius 3 is 2.65 bits per heavy atom. The highest BCUT2D eigenvalue weighted by Crippen LogP contribution is 2.25. The minimum Gasteiger partial charge on any atom is -0.481 e. The summed E-state index contributed by atoms with van der Waals surface area (Å²) in [5.74, 6) is -1.49. The number of carbonyl (C=O) groups excluding carboxylic acids is 1. The summed E-state index contributed by atoms with van der Waals surface area (Å²) in [6.07, 6.45) is 3.25. The number of amides is 1. The molecular formula is C15H18BrNO3. The largest absolute Gasteiger partial charge is 0.481 e. The van der Waals surface area contributed by atoms with Crippen LogP contribution in [0.25, 0.3) is 0 Å². The van der Waals surface area contributed by atoms with Gasteiger partial charge in [-0.2, -0.15) is 0 Å². The van der Waals surface area contributed by atoms with E-state index in [0.717, 1.165) is 29.3 Å². The van der Waals surface area contributed by atoms with E-state index in [9.17, 15) is 14.7 Å². The summed E-state index contributed by atoms with van der Waals surface area (Å²) >= 11 is 3.40. The molecule has 1 aliphatic rings. The van der Waals surface area contributed by atoms with Crippen LogP contribution in [0.15, 0.2) is 22.7 Å². The van der Waals surface area contributed by atoms with E-state index in [2.05, 4.69) is 21.2 Å². The quantitative estimate of drug-likeness (QED) is 0.888. The van der Waals surface area contributed by atoms with E-state index in [-0.39, 0.29) is 11.9 Å². The van der Waals surface area contributed by atoms with Crippen molar-refractivity contribution < 1.29 is 14.7 Å². The van der Waals surface area contributed by atoms with Gasteiger partial charge in [-0.15, -0.1) is 0 Å². The maximum absolute atomic E-state index is 12.2. The molecule has 5 heteroatoms. The molecule has 2 rings (SSSR count). The van der Waals surface area contributed by atoms with Gasteiger partial charge in [-0.05, 0) is 37.5 Å². The number of carboxylic acids is 1. The van der Waals surface area contributed by atoms with E-state index >= 15 is 0 Å². The molecule has 2 unspecified atom stereocenters. The van der Waals surface area contributed by atoms with Gasteiger partial charge in [-0.25, -0.2) is 0 Å². The van der Waals surface area contributed by atoms with Gasteiger partial charge in [0.15, 0.2) is 0 Å². The summed E-state index contributed by atoms with van der Waals surface area (Å²) in [5.41, 5.74) is 1.61. The van der Waals surface area contributed by atoms with Gasteiger partial charge in [-0.3, -0.25) is 9.59 Å². The maximum atomic E-state index is 12.2. The summed E-state index contributed by atoms with van der Waals surface area (Å²) in [4.78, 5) is 23.4. The second-order valence-electron chi connectivity index (χ2n) is 5.27. The Hall–Kier alpha value is -1.36. The van der Waals surface area contributed by atoms with Crippen molar-refractivity contribution in [3.05, 3.63) is 33.8 Å². The molecule has 1 fully saturated rings. The van der Waals surface area contributed by atoms with Crippen molar-refractivity contribution in [2.75, 3.05) is 0 Å². The van der Waals surface area contributed by atoms with Crippen LogP contribution < -0.4 is 5.32 Å². The zero-order chi connectivity index (χ0) is 14.7. The third-order valence-corrected chi connectivity index (χ3v) is 4.69. The van der Waals surface area contributed by atoms with Gasteiger partial charge in [0, 0.05) is 16.1 Å². The second kappa shape index (κ2) is 6.39. The number of nitrogens with one attached hydrogen (secondary N) is 1. The van der Waals surface area contributed by atoms with Crippen LogP contribution in [-0.2, 0) is 4.79 Å². The lowest BCUT2D eigenvalue weighted by Gasteiger charge is -2.29. The van der Waals surface area contributed by atoms with Crippen molar-refractivity contribution >= 4 is 27.8 Å². The zero-order valence-corrected chi connectivity index (χ0v) is 12.9. The Bertz CT molecular complexity index is 530. The van der Waals surface area contributed by atoms with Gasteiger partial charge in [0.25, 0.3) is 5.91 Å². The first kappa shape index (κ1) is 15.0. The number of aryl methyl sites for hydroxylation is 1. The van der Waals surface area contributed by atoms with Gasteiger partial charge in [0.1, 0.15) is 0 Å². The third kappa shape index (κ3) is 3.39. The van der Waals surface area contributed by atoms with Crippen molar-refractivity contribution in [1.29, 1.82) is 0 Å². The standard InChI is InChI=1S/C15H18BrNO3/c1-9-6-7-10(8-12(9)16)14(18)17-13-5-3-2-4-11(13)15(19)20/h6-8,11,13H,2-5H2,1H3,(H,17,18)(H,19,20). The second-order valence-corrected chi connectivity index (χ2v) is 6.13. The third-order valence-electron chi connectivity index (χ3n) is 3.83. The smallest absolute Gasteiger partial charge is 0.308 e. The summed E-state index contributed by atoms with van der Waals surface area (Å²) in [5, 5.41) is 12.1. The molecule has 0 bridgehead atoms. The lowest BCUT2D eigenvalue weighted by atomic mass is 9.84. The molecule has 0 saturated heterocycles. The molecular weight excluding hydrogens is 322 g/mol. The highest BCUT2D eigenvalue weighted by molar-refractivity contribution is 9.10. The number of hydrogen-bond donors (Lipinski definition) is 2. The molecule has 2 atom stereocenters. The average Bonchev–Trinajstić information content (AvgIpc) is 2.42. The number of carboxylic acid groups (broad SMARTS) is 1. The molecule has 1 aliphatic carbocycles. The van der Waals surface area contributed by atoms with E-state index in [1.165, 1.54) is 0 Å². The molecule has 0 heterocycles. The maximum Gasteiger partial charge on any atom is 0.308 e. The first-order valence-corrected chi connectivity index (χ1v) is 7.58. The van der Waals surface area contributed by atoms with Crippen LogP contribution in [0, 0.1) is 12.8 Å². The Kier molecular flexibility index (Phi) is 4.81. The lowest BCUT2D eigenvalue weighted by molar-refractivity contribution is -0.143. The zero-order valence-electron chi connectivity index (χ0n) is 11.4. The van der Waals surface area contributed by atoms with E-state index in [1.54, 1.807) is 12.1 Å². The molecule has 2 N–H and O–H groups in total. The van der Waals surface area contributed by atoms with Gasteiger partial charge in [-0.1, -0.05) is 34.8 Å². The van der Waals surface area contributed by atoms with Crippen LogP contribution in [0.3, 0.4) is 0 Å². The van der Waals surface area contributed by atoms with Gasteiger partial charge < -0.3 is 10.4 Å². The highest BCUT2D eigenvalue weighted by Gasteiger charge is 2.31. The fraction of sp³-hybridized carbons (Fsp3) is 0.467. The Morgan fingerprint density at radius 2 is 2.00 bits per heavy atom. The minimum atomic E-state index is -0.819. The molecule has 108 valence electrons. The van der Waals surface area contributed by atoms with E-state index in [0.29, 0.717) is 12.0 Å². The van der Waals surface area contributed by atoms with Crippen LogP contribution in [0.1, 0.15) is 41.6 Å². The molecule has 1 saturated carbocycles. The van der Waals surface area contributed by atoms with Crippen LogP contribution >= 0.6 is 15.9 Å². The van der Waals surface area contributed by atoms with Crippen molar-refractivity contribution in [2.24, 2.45) is 5.92 Å². The number of benzene rings is 1. The fourth-order valence-electron chi connectivity index (χ4n) is 2.59. The monoisotopic (exact) mass is 339 g/mol. The Balaban J connectivity index is 2.09. The van der Waals surface area contributed by atoms with Crippen LogP contribution in [0.5, 0.6) is 0 Å². The molecule has 0 aliphatic heterocycles. The normalized spacial score (nSPS) is 22.3. The van der Waals surface area contributed by atoms with E-state index < -0.39 is 11.9 Å². The molecule has 20 heavy (non-hydrogen) atoms. The molecule has 4 nitrogen and oxygen atoms in total. The molecule has 0 radical (unpaired) electrons. The topological polar surface area (TPSA) is 66.4 Å². The van der Waals surface area contributed by atoms with Crippen LogP contribution in [-0.4, -0.2) is 23.0 Å². The summed E-state index contributed by atoms with van der Waals surface area (Å²) < 4.78 is 0.878. The van der Waals surface area contributed by atoms with Crippen LogP contribution in [0.4, 0.5) is 0 Å². The number of hydrogen-bond acceptors (Lipinski definition) is 2.